The van der Waals surface area contributed by atoms with Crippen molar-refractivity contribution in [3.8, 4) is 0 Å². The summed E-state index contributed by atoms with van der Waals surface area (Å²) in [7, 11) is -5.55. The number of benzene rings is 1. The van der Waals surface area contributed by atoms with Gasteiger partial charge in [0.05, 0.1) is 22.4 Å². The maximum atomic E-state index is 13.0. The van der Waals surface area contributed by atoms with E-state index >= 15 is 0 Å². The Morgan fingerprint density at radius 3 is 2.45 bits per heavy atom. The van der Waals surface area contributed by atoms with Crippen LogP contribution < -0.4 is 5.32 Å². The molecule has 0 bridgehead atoms. The molecule has 2 heterocycles. The summed E-state index contributed by atoms with van der Waals surface area (Å²) in [5.41, 5.74) is 0. The van der Waals surface area contributed by atoms with E-state index in [1.165, 1.54) is 19.2 Å². The molecular formula is C20H30FN3O5S2. The Hall–Kier alpha value is -1.56. The van der Waals surface area contributed by atoms with E-state index in [0.29, 0.717) is 0 Å². The molecule has 0 aliphatic carbocycles. The molecule has 31 heavy (non-hydrogen) atoms. The number of carbonyl (C=O) groups excluding carboxylic acids is 1. The van der Waals surface area contributed by atoms with Crippen LogP contribution in [0.4, 0.5) is 4.39 Å². The standard InChI is InChI=1S/C20H30FN3O5S2/c1-23(31(28,29)17-9-7-16(21)8-10-17)11-5-6-20(25)22-18-14-30(26,27)15-19(18)24-12-3-2-4-13-24/h7-10,18-19H,2-6,11-15H2,1H3,(H,22,25). The summed E-state index contributed by atoms with van der Waals surface area (Å²) in [6, 6.07) is 3.95. The van der Waals surface area contributed by atoms with Crippen molar-refractivity contribution in [2.75, 3.05) is 38.2 Å². The van der Waals surface area contributed by atoms with Crippen molar-refractivity contribution in [2.45, 2.75) is 49.1 Å². The highest BCUT2D eigenvalue weighted by molar-refractivity contribution is 7.91. The summed E-state index contributed by atoms with van der Waals surface area (Å²) in [5, 5.41) is 2.86. The number of hydrogen-bond donors (Lipinski definition) is 1. The van der Waals surface area contributed by atoms with Gasteiger partial charge in [-0.2, -0.15) is 0 Å². The Morgan fingerprint density at radius 1 is 1.16 bits per heavy atom. The maximum absolute atomic E-state index is 13.0. The number of nitrogens with zero attached hydrogens (tertiary/aromatic N) is 2. The minimum Gasteiger partial charge on any atom is -0.351 e. The number of amides is 1. The summed E-state index contributed by atoms with van der Waals surface area (Å²) >= 11 is 0. The lowest BCUT2D eigenvalue weighted by Gasteiger charge is -2.35. The molecule has 1 N–H and O–H groups in total. The summed E-state index contributed by atoms with van der Waals surface area (Å²) in [4.78, 5) is 14.6. The van der Waals surface area contributed by atoms with Crippen molar-refractivity contribution in [2.24, 2.45) is 0 Å². The van der Waals surface area contributed by atoms with Crippen LogP contribution in [0.15, 0.2) is 29.2 Å². The Bertz CT molecular complexity index is 977. The second-order valence-corrected chi connectivity index (χ2v) is 12.5. The van der Waals surface area contributed by atoms with E-state index in [2.05, 4.69) is 10.2 Å². The third-order valence-corrected chi connectivity index (χ3v) is 9.51. The van der Waals surface area contributed by atoms with Crippen LogP contribution in [-0.2, 0) is 24.7 Å². The van der Waals surface area contributed by atoms with E-state index in [1.54, 1.807) is 0 Å². The number of piperidine rings is 1. The van der Waals surface area contributed by atoms with Gasteiger partial charge in [-0.05, 0) is 56.6 Å². The number of carbonyl (C=O) groups is 1. The summed E-state index contributed by atoms with van der Waals surface area (Å²) < 4.78 is 63.5. The SMILES string of the molecule is CN(CCCC(=O)NC1CS(=O)(=O)CC1N1CCCCC1)S(=O)(=O)c1ccc(F)cc1. The van der Waals surface area contributed by atoms with Crippen LogP contribution in [0, 0.1) is 5.82 Å². The largest absolute Gasteiger partial charge is 0.351 e. The normalized spacial score (nSPS) is 24.4. The quantitative estimate of drug-likeness (QED) is 0.602. The number of sulfonamides is 1. The van der Waals surface area contributed by atoms with Crippen molar-refractivity contribution in [1.82, 2.24) is 14.5 Å². The fourth-order valence-corrected chi connectivity index (χ4v) is 7.39. The van der Waals surface area contributed by atoms with Gasteiger partial charge in [-0.1, -0.05) is 6.42 Å². The number of hydrogen-bond acceptors (Lipinski definition) is 6. The molecule has 2 unspecified atom stereocenters. The Balaban J connectivity index is 1.51. The highest BCUT2D eigenvalue weighted by Crippen LogP contribution is 2.22. The van der Waals surface area contributed by atoms with Gasteiger partial charge in [-0.3, -0.25) is 9.69 Å². The van der Waals surface area contributed by atoms with Crippen LogP contribution in [-0.4, -0.2) is 82.2 Å². The van der Waals surface area contributed by atoms with Crippen molar-refractivity contribution >= 4 is 25.8 Å². The first-order valence-corrected chi connectivity index (χ1v) is 13.8. The summed E-state index contributed by atoms with van der Waals surface area (Å²) in [6.45, 7) is 1.81. The number of nitrogens with one attached hydrogen (secondary N) is 1. The van der Waals surface area contributed by atoms with Gasteiger partial charge in [0.15, 0.2) is 9.84 Å². The lowest BCUT2D eigenvalue weighted by atomic mass is 10.0. The van der Waals surface area contributed by atoms with Gasteiger partial charge in [-0.25, -0.2) is 25.5 Å². The predicted octanol–water partition coefficient (Wildman–Crippen LogP) is 0.994. The zero-order valence-corrected chi connectivity index (χ0v) is 19.3. The van der Waals surface area contributed by atoms with Gasteiger partial charge in [0.2, 0.25) is 15.9 Å². The van der Waals surface area contributed by atoms with Crippen LogP contribution in [0.5, 0.6) is 0 Å². The van der Waals surface area contributed by atoms with Crippen molar-refractivity contribution < 1.29 is 26.0 Å². The first kappa shape index (κ1) is 24.1. The van der Waals surface area contributed by atoms with Crippen LogP contribution in [0.2, 0.25) is 0 Å². The molecule has 0 spiro atoms. The average molecular weight is 476 g/mol. The molecule has 3 rings (SSSR count). The number of halogens is 1. The molecule has 1 amide bonds. The predicted molar refractivity (Wildman–Crippen MR) is 115 cm³/mol. The average Bonchev–Trinajstić information content (AvgIpc) is 3.02. The highest BCUT2D eigenvalue weighted by atomic mass is 32.2. The van der Waals surface area contributed by atoms with Crippen molar-refractivity contribution in [3.05, 3.63) is 30.1 Å². The molecule has 2 saturated heterocycles. The molecule has 0 aromatic heterocycles. The second-order valence-electron chi connectivity index (χ2n) is 8.30. The molecule has 11 heteroatoms. The molecule has 1 aromatic rings. The third kappa shape index (κ3) is 6.24. The van der Waals surface area contributed by atoms with Crippen molar-refractivity contribution in [3.63, 3.8) is 0 Å². The summed E-state index contributed by atoms with van der Waals surface area (Å²) in [6.07, 6.45) is 3.59. The number of sulfone groups is 1. The molecular weight excluding hydrogens is 445 g/mol. The van der Waals surface area contributed by atoms with Gasteiger partial charge in [-0.15, -0.1) is 0 Å². The monoisotopic (exact) mass is 475 g/mol. The van der Waals surface area contributed by atoms with E-state index in [1.807, 2.05) is 0 Å². The Morgan fingerprint density at radius 2 is 1.81 bits per heavy atom. The maximum Gasteiger partial charge on any atom is 0.242 e. The Kier molecular flexibility index (Phi) is 7.72. The van der Waals surface area contributed by atoms with E-state index in [4.69, 9.17) is 0 Å². The van der Waals surface area contributed by atoms with Crippen LogP contribution in [0.3, 0.4) is 0 Å². The molecule has 174 valence electrons. The van der Waals surface area contributed by atoms with Crippen LogP contribution >= 0.6 is 0 Å². The molecule has 1 aromatic carbocycles. The molecule has 0 saturated carbocycles. The van der Waals surface area contributed by atoms with E-state index in [9.17, 15) is 26.0 Å². The van der Waals surface area contributed by atoms with Gasteiger partial charge >= 0.3 is 0 Å². The van der Waals surface area contributed by atoms with Gasteiger partial charge in [0.1, 0.15) is 5.82 Å². The lowest BCUT2D eigenvalue weighted by Crippen LogP contribution is -2.52. The fourth-order valence-electron chi connectivity index (χ4n) is 4.22. The topological polar surface area (TPSA) is 104 Å². The molecule has 0 radical (unpaired) electrons. The zero-order chi connectivity index (χ0) is 22.6. The van der Waals surface area contributed by atoms with Gasteiger partial charge < -0.3 is 5.32 Å². The molecule has 2 aliphatic heterocycles. The Labute approximate surface area is 183 Å². The molecule has 2 fully saturated rings. The second kappa shape index (κ2) is 9.93. The minimum absolute atomic E-state index is 0.0126. The van der Waals surface area contributed by atoms with E-state index in [-0.39, 0.29) is 47.7 Å². The molecule has 8 nitrogen and oxygen atoms in total. The van der Waals surface area contributed by atoms with E-state index < -0.39 is 31.7 Å². The minimum atomic E-state index is -3.77. The van der Waals surface area contributed by atoms with Crippen LogP contribution in [0.1, 0.15) is 32.1 Å². The summed E-state index contributed by atoms with van der Waals surface area (Å²) in [5.74, 6) is -0.790. The van der Waals surface area contributed by atoms with Gasteiger partial charge in [0, 0.05) is 26.1 Å². The highest BCUT2D eigenvalue weighted by Gasteiger charge is 2.41. The smallest absolute Gasteiger partial charge is 0.242 e. The zero-order valence-electron chi connectivity index (χ0n) is 17.7. The number of rotatable bonds is 8. The van der Waals surface area contributed by atoms with Gasteiger partial charge in [0.25, 0.3) is 0 Å². The van der Waals surface area contributed by atoms with Crippen LogP contribution in [0.25, 0.3) is 0 Å². The van der Waals surface area contributed by atoms with Crippen molar-refractivity contribution in [1.29, 1.82) is 0 Å². The number of likely N-dealkylation sites (tertiary alicyclic amines) is 1. The lowest BCUT2D eigenvalue weighted by molar-refractivity contribution is -0.122. The molecule has 2 aliphatic rings. The van der Waals surface area contributed by atoms with E-state index in [0.717, 1.165) is 48.8 Å². The fraction of sp³-hybridized carbons (Fsp3) is 0.650. The molecule has 2 atom stereocenters. The third-order valence-electron chi connectivity index (χ3n) is 5.93. The first-order valence-electron chi connectivity index (χ1n) is 10.5. The first-order chi connectivity index (χ1) is 14.6.